The molecule has 6 nitrogen and oxygen atoms in total. The third-order valence-electron chi connectivity index (χ3n) is 5.34. The molecule has 1 aliphatic heterocycles. The molecule has 0 radical (unpaired) electrons. The Balaban J connectivity index is 1.62. The van der Waals surface area contributed by atoms with E-state index >= 15 is 0 Å². The van der Waals surface area contributed by atoms with E-state index < -0.39 is 0 Å². The topological polar surface area (TPSA) is 75.0 Å². The van der Waals surface area contributed by atoms with E-state index in [1.807, 2.05) is 6.07 Å². The van der Waals surface area contributed by atoms with Gasteiger partial charge >= 0.3 is 0 Å². The normalized spacial score (nSPS) is 19.9. The van der Waals surface area contributed by atoms with Crippen molar-refractivity contribution in [2.45, 2.75) is 50.9 Å². The van der Waals surface area contributed by atoms with Crippen LogP contribution in [0.2, 0.25) is 0 Å². The second-order valence-corrected chi connectivity index (χ2v) is 7.11. The summed E-state index contributed by atoms with van der Waals surface area (Å²) in [5.74, 6) is 1.41. The van der Waals surface area contributed by atoms with Crippen LogP contribution in [-0.2, 0) is 12.8 Å². The predicted octanol–water partition coefficient (Wildman–Crippen LogP) is 2.50. The molecular formula is C18H24N4O2. The first-order chi connectivity index (χ1) is 11.7. The van der Waals surface area contributed by atoms with E-state index in [0.717, 1.165) is 50.9 Å². The molecule has 0 saturated carbocycles. The number of aryl methyl sites for hydroxylation is 2. The van der Waals surface area contributed by atoms with Crippen molar-refractivity contribution in [3.05, 3.63) is 33.6 Å². The van der Waals surface area contributed by atoms with Crippen molar-refractivity contribution in [2.24, 2.45) is 0 Å². The Labute approximate surface area is 141 Å². The minimum absolute atomic E-state index is 0.105. The number of likely N-dealkylation sites (tertiary alicyclic amines) is 1. The van der Waals surface area contributed by atoms with Gasteiger partial charge in [-0.1, -0.05) is 11.6 Å². The molecule has 0 bridgehead atoms. The summed E-state index contributed by atoms with van der Waals surface area (Å²) in [6.45, 7) is 2.09. The van der Waals surface area contributed by atoms with Crippen LogP contribution < -0.4 is 5.56 Å². The first kappa shape index (κ1) is 15.6. The molecule has 0 spiro atoms. The largest absolute Gasteiger partial charge is 0.339 e. The van der Waals surface area contributed by atoms with E-state index in [2.05, 4.69) is 27.1 Å². The minimum atomic E-state index is -0.105. The molecular weight excluding hydrogens is 304 g/mol. The molecule has 0 aromatic carbocycles. The van der Waals surface area contributed by atoms with Gasteiger partial charge in [-0.05, 0) is 70.3 Å². The highest BCUT2D eigenvalue weighted by atomic mass is 16.5. The van der Waals surface area contributed by atoms with Crippen LogP contribution in [0, 0.1) is 0 Å². The second kappa shape index (κ2) is 6.51. The van der Waals surface area contributed by atoms with Crippen LogP contribution in [0.4, 0.5) is 0 Å². The molecule has 24 heavy (non-hydrogen) atoms. The number of nitrogens with one attached hydrogen (secondary N) is 1. The van der Waals surface area contributed by atoms with Crippen LogP contribution in [0.5, 0.6) is 0 Å². The average Bonchev–Trinajstić information content (AvgIpc) is 2.95. The molecule has 2 aromatic rings. The van der Waals surface area contributed by atoms with Crippen LogP contribution >= 0.6 is 0 Å². The lowest BCUT2D eigenvalue weighted by atomic mass is 9.97. The number of H-pyrrole nitrogens is 1. The number of piperidine rings is 1. The van der Waals surface area contributed by atoms with Crippen LogP contribution in [0.1, 0.15) is 55.2 Å². The Hall–Kier alpha value is -1.95. The van der Waals surface area contributed by atoms with E-state index in [9.17, 15) is 4.79 Å². The van der Waals surface area contributed by atoms with E-state index in [-0.39, 0.29) is 5.56 Å². The lowest BCUT2D eigenvalue weighted by Gasteiger charge is -2.26. The van der Waals surface area contributed by atoms with Crippen LogP contribution in [0.15, 0.2) is 15.4 Å². The summed E-state index contributed by atoms with van der Waals surface area (Å²) < 4.78 is 5.49. The van der Waals surface area contributed by atoms with Crippen molar-refractivity contribution in [1.82, 2.24) is 20.0 Å². The third kappa shape index (κ3) is 3.02. The molecule has 0 atom stereocenters. The fourth-order valence-electron chi connectivity index (χ4n) is 3.78. The van der Waals surface area contributed by atoms with Crippen LogP contribution in [-0.4, -0.2) is 40.2 Å². The Morgan fingerprint density at radius 2 is 2.00 bits per heavy atom. The number of aromatic amines is 1. The number of aromatic nitrogens is 3. The average molecular weight is 328 g/mol. The molecule has 3 heterocycles. The number of hydrogen-bond acceptors (Lipinski definition) is 5. The maximum atomic E-state index is 12.4. The molecule has 0 unspecified atom stereocenters. The highest BCUT2D eigenvalue weighted by Gasteiger charge is 2.25. The van der Waals surface area contributed by atoms with Crippen molar-refractivity contribution in [2.75, 3.05) is 20.1 Å². The Kier molecular flexibility index (Phi) is 4.22. The van der Waals surface area contributed by atoms with Gasteiger partial charge in [0, 0.05) is 11.6 Å². The molecule has 1 fully saturated rings. The van der Waals surface area contributed by atoms with Crippen molar-refractivity contribution < 1.29 is 4.52 Å². The summed E-state index contributed by atoms with van der Waals surface area (Å²) in [6, 6.07) is 1.97. The predicted molar refractivity (Wildman–Crippen MR) is 91.1 cm³/mol. The molecule has 128 valence electrons. The number of pyridine rings is 1. The van der Waals surface area contributed by atoms with Gasteiger partial charge in [-0.2, -0.15) is 4.98 Å². The van der Waals surface area contributed by atoms with Crippen LogP contribution in [0.25, 0.3) is 11.4 Å². The van der Waals surface area contributed by atoms with E-state index in [1.165, 1.54) is 18.4 Å². The van der Waals surface area contributed by atoms with E-state index in [0.29, 0.717) is 23.2 Å². The summed E-state index contributed by atoms with van der Waals surface area (Å²) in [5.41, 5.74) is 2.75. The van der Waals surface area contributed by atoms with E-state index in [1.54, 1.807) is 0 Å². The summed E-state index contributed by atoms with van der Waals surface area (Å²) in [4.78, 5) is 22.4. The summed E-state index contributed by atoms with van der Waals surface area (Å²) in [5, 5.41) is 4.09. The maximum Gasteiger partial charge on any atom is 0.259 e. The van der Waals surface area contributed by atoms with Gasteiger partial charge in [0.15, 0.2) is 0 Å². The SMILES string of the molecule is CN1CCC(c2nc(-c3cc4c([nH]c3=O)CCCCC4)no2)CC1. The maximum absolute atomic E-state index is 12.4. The fourth-order valence-corrected chi connectivity index (χ4v) is 3.78. The van der Waals surface area contributed by atoms with Gasteiger partial charge in [-0.25, -0.2) is 0 Å². The minimum Gasteiger partial charge on any atom is -0.339 e. The molecule has 0 amide bonds. The fraction of sp³-hybridized carbons (Fsp3) is 0.611. The van der Waals surface area contributed by atoms with Crippen molar-refractivity contribution in [3.63, 3.8) is 0 Å². The number of rotatable bonds is 2. The summed E-state index contributed by atoms with van der Waals surface area (Å²) >= 11 is 0. The molecule has 2 aromatic heterocycles. The molecule has 4 rings (SSSR count). The number of nitrogens with zero attached hydrogens (tertiary/aromatic N) is 3. The quantitative estimate of drug-likeness (QED) is 0.857. The van der Waals surface area contributed by atoms with Crippen LogP contribution in [0.3, 0.4) is 0 Å². The monoisotopic (exact) mass is 328 g/mol. The molecule has 1 saturated heterocycles. The Morgan fingerprint density at radius 3 is 2.83 bits per heavy atom. The van der Waals surface area contributed by atoms with Crippen molar-refractivity contribution in [1.29, 1.82) is 0 Å². The van der Waals surface area contributed by atoms with Gasteiger partial charge in [0.1, 0.15) is 0 Å². The molecule has 1 aliphatic carbocycles. The Morgan fingerprint density at radius 1 is 1.21 bits per heavy atom. The lowest BCUT2D eigenvalue weighted by Crippen LogP contribution is -2.29. The van der Waals surface area contributed by atoms with Crippen molar-refractivity contribution in [3.8, 4) is 11.4 Å². The van der Waals surface area contributed by atoms with Gasteiger partial charge in [-0.15, -0.1) is 0 Å². The zero-order valence-corrected chi connectivity index (χ0v) is 14.2. The molecule has 1 N–H and O–H groups in total. The highest BCUT2D eigenvalue weighted by Crippen LogP contribution is 2.28. The second-order valence-electron chi connectivity index (χ2n) is 7.11. The zero-order valence-electron chi connectivity index (χ0n) is 14.2. The smallest absolute Gasteiger partial charge is 0.259 e. The summed E-state index contributed by atoms with van der Waals surface area (Å²) in [7, 11) is 2.13. The van der Waals surface area contributed by atoms with Gasteiger partial charge in [-0.3, -0.25) is 4.79 Å². The first-order valence-electron chi connectivity index (χ1n) is 8.98. The lowest BCUT2D eigenvalue weighted by molar-refractivity contribution is 0.227. The zero-order chi connectivity index (χ0) is 16.5. The Bertz CT molecular complexity index is 772. The number of hydrogen-bond donors (Lipinski definition) is 1. The number of fused-ring (bicyclic) bond motifs is 1. The highest BCUT2D eigenvalue weighted by molar-refractivity contribution is 5.54. The van der Waals surface area contributed by atoms with Gasteiger partial charge in [0.05, 0.1) is 5.56 Å². The van der Waals surface area contributed by atoms with E-state index in [4.69, 9.17) is 4.52 Å². The standard InChI is InChI=1S/C18H24N4O2/c1-22-9-7-12(8-10-22)18-20-16(21-24-18)14-11-13-5-3-2-4-6-15(13)19-17(14)23/h11-12H,2-10H2,1H3,(H,19,23). The summed E-state index contributed by atoms with van der Waals surface area (Å²) in [6.07, 6.45) is 7.55. The van der Waals surface area contributed by atoms with Gasteiger partial charge in [0.25, 0.3) is 5.56 Å². The molecule has 2 aliphatic rings. The van der Waals surface area contributed by atoms with Gasteiger partial charge in [0.2, 0.25) is 11.7 Å². The molecule has 6 heteroatoms. The van der Waals surface area contributed by atoms with Crippen molar-refractivity contribution >= 4 is 0 Å². The first-order valence-corrected chi connectivity index (χ1v) is 8.98. The van der Waals surface area contributed by atoms with Gasteiger partial charge < -0.3 is 14.4 Å². The third-order valence-corrected chi connectivity index (χ3v) is 5.34.